The average Bonchev–Trinajstić information content (AvgIpc) is 2.88. The molecular weight excluding hydrogens is 278 g/mol. The van der Waals surface area contributed by atoms with Crippen molar-refractivity contribution in [1.82, 2.24) is 24.9 Å². The van der Waals surface area contributed by atoms with Crippen molar-refractivity contribution in [1.29, 1.82) is 0 Å². The Hall–Kier alpha value is -1.98. The molecule has 0 radical (unpaired) electrons. The lowest BCUT2D eigenvalue weighted by atomic mass is 9.78. The minimum Gasteiger partial charge on any atom is -0.346 e. The van der Waals surface area contributed by atoms with Gasteiger partial charge in [0.15, 0.2) is 0 Å². The molecular formula is C16H23N5O. The van der Waals surface area contributed by atoms with Gasteiger partial charge in [-0.15, -0.1) is 5.10 Å². The molecule has 3 rings (SSSR count). The van der Waals surface area contributed by atoms with Crippen LogP contribution in [0.2, 0.25) is 0 Å². The van der Waals surface area contributed by atoms with E-state index in [4.69, 9.17) is 0 Å². The largest absolute Gasteiger partial charge is 0.346 e. The van der Waals surface area contributed by atoms with E-state index in [0.717, 1.165) is 24.2 Å². The first-order chi connectivity index (χ1) is 10.5. The lowest BCUT2D eigenvalue weighted by Gasteiger charge is -2.34. The topological polar surface area (TPSA) is 72.2 Å². The number of hydrogen-bond acceptors (Lipinski definition) is 4. The first kappa shape index (κ1) is 14.9. The Balaban J connectivity index is 1.82. The van der Waals surface area contributed by atoms with Crippen LogP contribution < -0.4 is 5.32 Å². The Morgan fingerprint density at radius 1 is 1.27 bits per heavy atom. The highest BCUT2D eigenvalue weighted by atomic mass is 16.2. The van der Waals surface area contributed by atoms with E-state index in [1.165, 1.54) is 6.42 Å². The molecule has 0 aromatic carbocycles. The molecule has 1 fully saturated rings. The molecule has 1 amide bonds. The van der Waals surface area contributed by atoms with E-state index in [2.05, 4.69) is 34.2 Å². The zero-order valence-electron chi connectivity index (χ0n) is 13.6. The minimum absolute atomic E-state index is 0.200. The lowest BCUT2D eigenvalue weighted by Crippen LogP contribution is -2.44. The van der Waals surface area contributed by atoms with Crippen molar-refractivity contribution in [3.63, 3.8) is 0 Å². The number of carbonyl (C=O) groups excluding carboxylic acids is 1. The van der Waals surface area contributed by atoms with Gasteiger partial charge in [-0.1, -0.05) is 26.7 Å². The van der Waals surface area contributed by atoms with Crippen LogP contribution in [-0.4, -0.2) is 31.5 Å². The van der Waals surface area contributed by atoms with Gasteiger partial charge in [0.25, 0.3) is 11.7 Å². The van der Waals surface area contributed by atoms with Gasteiger partial charge in [-0.2, -0.15) is 4.98 Å². The molecule has 6 nitrogen and oxygen atoms in total. The Kier molecular flexibility index (Phi) is 3.85. The Bertz CT molecular complexity index is 708. The van der Waals surface area contributed by atoms with Gasteiger partial charge < -0.3 is 5.32 Å². The molecule has 3 atom stereocenters. The second-order valence-corrected chi connectivity index (χ2v) is 6.53. The van der Waals surface area contributed by atoms with E-state index in [1.807, 2.05) is 19.9 Å². The van der Waals surface area contributed by atoms with Crippen LogP contribution in [0.5, 0.6) is 0 Å². The number of hydrogen-bond donors (Lipinski definition) is 1. The zero-order valence-corrected chi connectivity index (χ0v) is 13.6. The van der Waals surface area contributed by atoms with Gasteiger partial charge >= 0.3 is 0 Å². The Morgan fingerprint density at radius 3 is 2.82 bits per heavy atom. The van der Waals surface area contributed by atoms with Crippen LogP contribution in [0, 0.1) is 25.7 Å². The number of carbonyl (C=O) groups is 1. The van der Waals surface area contributed by atoms with Crippen LogP contribution in [0.25, 0.3) is 5.78 Å². The molecule has 2 aromatic rings. The third-order valence-electron chi connectivity index (χ3n) is 4.84. The van der Waals surface area contributed by atoms with Crippen molar-refractivity contribution in [2.45, 2.75) is 53.0 Å². The van der Waals surface area contributed by atoms with Crippen molar-refractivity contribution < 1.29 is 4.79 Å². The van der Waals surface area contributed by atoms with Gasteiger partial charge in [-0.25, -0.2) is 9.50 Å². The Morgan fingerprint density at radius 2 is 2.05 bits per heavy atom. The quantitative estimate of drug-likeness (QED) is 0.923. The minimum atomic E-state index is -0.200. The summed E-state index contributed by atoms with van der Waals surface area (Å²) in [5, 5.41) is 7.40. The van der Waals surface area contributed by atoms with Gasteiger partial charge in [0.2, 0.25) is 5.82 Å². The van der Waals surface area contributed by atoms with Crippen molar-refractivity contribution in [3.8, 4) is 0 Å². The summed E-state index contributed by atoms with van der Waals surface area (Å²) in [6.45, 7) is 8.30. The van der Waals surface area contributed by atoms with Crippen molar-refractivity contribution in [2.24, 2.45) is 11.8 Å². The van der Waals surface area contributed by atoms with Gasteiger partial charge in [0, 0.05) is 17.4 Å². The van der Waals surface area contributed by atoms with Crippen LogP contribution in [0.3, 0.4) is 0 Å². The predicted molar refractivity (Wildman–Crippen MR) is 83.7 cm³/mol. The summed E-state index contributed by atoms with van der Waals surface area (Å²) in [5.74, 6) is 1.60. The first-order valence-corrected chi connectivity index (χ1v) is 7.97. The smallest absolute Gasteiger partial charge is 0.291 e. The van der Waals surface area contributed by atoms with Crippen molar-refractivity contribution in [3.05, 3.63) is 23.3 Å². The number of nitrogens with one attached hydrogen (secondary N) is 1. The third-order valence-corrected chi connectivity index (χ3v) is 4.84. The van der Waals surface area contributed by atoms with E-state index >= 15 is 0 Å². The average molecular weight is 301 g/mol. The van der Waals surface area contributed by atoms with Gasteiger partial charge in [0.05, 0.1) is 0 Å². The number of amides is 1. The molecule has 6 heteroatoms. The second kappa shape index (κ2) is 5.66. The highest BCUT2D eigenvalue weighted by Crippen LogP contribution is 2.29. The maximum absolute atomic E-state index is 12.5. The summed E-state index contributed by atoms with van der Waals surface area (Å²) in [6, 6.07) is 2.13. The molecule has 22 heavy (non-hydrogen) atoms. The van der Waals surface area contributed by atoms with E-state index in [0.29, 0.717) is 17.6 Å². The fourth-order valence-corrected chi connectivity index (χ4v) is 3.28. The number of aromatic nitrogens is 4. The lowest BCUT2D eigenvalue weighted by molar-refractivity contribution is 0.0880. The van der Waals surface area contributed by atoms with Crippen molar-refractivity contribution in [2.75, 3.05) is 0 Å². The number of nitrogens with zero attached hydrogens (tertiary/aromatic N) is 4. The summed E-state index contributed by atoms with van der Waals surface area (Å²) in [7, 11) is 0. The molecule has 3 unspecified atom stereocenters. The number of rotatable bonds is 2. The Labute approximate surface area is 130 Å². The van der Waals surface area contributed by atoms with E-state index in [-0.39, 0.29) is 17.8 Å². The fraction of sp³-hybridized carbons (Fsp3) is 0.625. The summed E-state index contributed by atoms with van der Waals surface area (Å²) in [6.07, 6.45) is 3.43. The standard InChI is InChI=1S/C16H23N5O/c1-9-6-5-7-13(12(9)4)18-15(22)14-19-16-17-10(2)8-11(3)21(16)20-14/h8-9,12-13H,5-7H2,1-4H3,(H,18,22). The monoisotopic (exact) mass is 301 g/mol. The SMILES string of the molecule is Cc1cc(C)n2nc(C(=O)NC3CCCC(C)C3C)nc2n1. The molecule has 0 saturated heterocycles. The van der Waals surface area contributed by atoms with Crippen LogP contribution >= 0.6 is 0 Å². The molecule has 1 saturated carbocycles. The molecule has 0 bridgehead atoms. The summed E-state index contributed by atoms with van der Waals surface area (Å²) < 4.78 is 1.62. The molecule has 118 valence electrons. The predicted octanol–water partition coefficient (Wildman–Crippen LogP) is 2.30. The fourth-order valence-electron chi connectivity index (χ4n) is 3.28. The normalized spacial score (nSPS) is 25.4. The maximum atomic E-state index is 12.5. The molecule has 1 N–H and O–H groups in total. The van der Waals surface area contributed by atoms with E-state index < -0.39 is 0 Å². The van der Waals surface area contributed by atoms with Crippen LogP contribution in [0.15, 0.2) is 6.07 Å². The van der Waals surface area contributed by atoms with Gasteiger partial charge in [-0.05, 0) is 38.2 Å². The van der Waals surface area contributed by atoms with E-state index in [9.17, 15) is 4.79 Å². The number of aryl methyl sites for hydroxylation is 2. The maximum Gasteiger partial charge on any atom is 0.291 e. The van der Waals surface area contributed by atoms with Crippen LogP contribution in [0.1, 0.15) is 55.1 Å². The summed E-state index contributed by atoms with van der Waals surface area (Å²) in [4.78, 5) is 21.0. The third kappa shape index (κ3) is 2.69. The summed E-state index contributed by atoms with van der Waals surface area (Å²) in [5.41, 5.74) is 1.80. The van der Waals surface area contributed by atoms with Crippen LogP contribution in [0.4, 0.5) is 0 Å². The first-order valence-electron chi connectivity index (χ1n) is 7.97. The molecule has 0 aliphatic heterocycles. The molecule has 1 aliphatic rings. The van der Waals surface area contributed by atoms with Gasteiger partial charge in [0.1, 0.15) is 0 Å². The molecule has 1 aliphatic carbocycles. The highest BCUT2D eigenvalue weighted by Gasteiger charge is 2.29. The number of fused-ring (bicyclic) bond motifs is 1. The van der Waals surface area contributed by atoms with Crippen LogP contribution in [-0.2, 0) is 0 Å². The van der Waals surface area contributed by atoms with E-state index in [1.54, 1.807) is 4.52 Å². The second-order valence-electron chi connectivity index (χ2n) is 6.53. The molecule has 0 spiro atoms. The molecule has 2 heterocycles. The van der Waals surface area contributed by atoms with Gasteiger partial charge in [-0.3, -0.25) is 4.79 Å². The molecule has 2 aromatic heterocycles. The zero-order chi connectivity index (χ0) is 15.9. The van der Waals surface area contributed by atoms with Crippen molar-refractivity contribution >= 4 is 11.7 Å². The highest BCUT2D eigenvalue weighted by molar-refractivity contribution is 5.91. The summed E-state index contributed by atoms with van der Waals surface area (Å²) >= 11 is 0.